The molecule has 0 unspecified atom stereocenters. The lowest BCUT2D eigenvalue weighted by molar-refractivity contribution is -0.204. The molecule has 1 atom stereocenters. The number of carbonyl (C=O) groups is 1. The summed E-state index contributed by atoms with van der Waals surface area (Å²) in [7, 11) is 0. The van der Waals surface area contributed by atoms with Crippen LogP contribution < -0.4 is 11.1 Å². The molecule has 0 spiro atoms. The van der Waals surface area contributed by atoms with Gasteiger partial charge in [0.1, 0.15) is 0 Å². The number of nitrogens with two attached hydrogens (primary N) is 1. The van der Waals surface area contributed by atoms with Gasteiger partial charge in [0.2, 0.25) is 5.54 Å². The highest BCUT2D eigenvalue weighted by atomic mass is 19.4. The number of hydrogen-bond donors (Lipinski definition) is 2. The highest BCUT2D eigenvalue weighted by Gasteiger charge is 2.58. The number of carbonyl (C=O) groups excluding carboxylic acids is 1. The Morgan fingerprint density at radius 2 is 1.71 bits per heavy atom. The summed E-state index contributed by atoms with van der Waals surface area (Å²) in [6.45, 7) is 6.90. The maximum absolute atomic E-state index is 13.1. The van der Waals surface area contributed by atoms with Gasteiger partial charge in [0.25, 0.3) is 0 Å². The summed E-state index contributed by atoms with van der Waals surface area (Å²) < 4.78 is 43.8. The lowest BCUT2D eigenvalue weighted by Crippen LogP contribution is -2.65. The van der Waals surface area contributed by atoms with Gasteiger partial charge in [-0.1, -0.05) is 45.0 Å². The van der Waals surface area contributed by atoms with E-state index in [1.807, 2.05) is 24.3 Å². The molecule has 1 aromatic carbocycles. The zero-order valence-electron chi connectivity index (χ0n) is 14.5. The van der Waals surface area contributed by atoms with E-state index in [9.17, 15) is 18.0 Å². The van der Waals surface area contributed by atoms with Gasteiger partial charge < -0.3 is 15.8 Å². The summed E-state index contributed by atoms with van der Waals surface area (Å²) in [6.07, 6.45) is -4.90. The van der Waals surface area contributed by atoms with Crippen LogP contribution in [0, 0.1) is 0 Å². The average molecular weight is 346 g/mol. The Morgan fingerprint density at radius 1 is 1.17 bits per heavy atom. The Hall–Kier alpha value is -1.60. The van der Waals surface area contributed by atoms with Gasteiger partial charge >= 0.3 is 12.1 Å². The summed E-state index contributed by atoms with van der Waals surface area (Å²) in [6, 6.07) is 7.54. The Balaban J connectivity index is 2.74. The molecule has 0 heterocycles. The first-order valence-electron chi connectivity index (χ1n) is 7.75. The van der Waals surface area contributed by atoms with E-state index in [0.717, 1.165) is 11.1 Å². The van der Waals surface area contributed by atoms with Crippen LogP contribution in [-0.2, 0) is 21.5 Å². The van der Waals surface area contributed by atoms with Crippen molar-refractivity contribution in [3.8, 4) is 0 Å². The van der Waals surface area contributed by atoms with Crippen LogP contribution in [0.3, 0.4) is 0 Å². The van der Waals surface area contributed by atoms with Gasteiger partial charge in [0.05, 0.1) is 6.61 Å². The fraction of sp³-hybridized carbons (Fsp3) is 0.588. The van der Waals surface area contributed by atoms with Gasteiger partial charge in [-0.2, -0.15) is 13.2 Å². The number of ether oxygens (including phenoxy) is 1. The molecule has 0 aliphatic carbocycles. The average Bonchev–Trinajstić information content (AvgIpc) is 2.45. The lowest BCUT2D eigenvalue weighted by atomic mass is 9.87. The molecule has 1 rings (SSSR count). The largest absolute Gasteiger partial charge is 0.464 e. The highest BCUT2D eigenvalue weighted by molar-refractivity contribution is 5.82. The molecule has 0 saturated heterocycles. The molecule has 136 valence electrons. The fourth-order valence-corrected chi connectivity index (χ4v) is 2.07. The molecule has 0 amide bonds. The third kappa shape index (κ3) is 4.95. The van der Waals surface area contributed by atoms with Gasteiger partial charge in [0.15, 0.2) is 0 Å². The van der Waals surface area contributed by atoms with E-state index in [1.165, 1.54) is 6.92 Å². The molecule has 0 bridgehead atoms. The summed E-state index contributed by atoms with van der Waals surface area (Å²) in [5.74, 6) is -1.48. The molecule has 0 fully saturated rings. The number of benzene rings is 1. The Bertz CT molecular complexity index is 550. The lowest BCUT2D eigenvalue weighted by Gasteiger charge is -2.29. The van der Waals surface area contributed by atoms with Crippen molar-refractivity contribution in [3.63, 3.8) is 0 Å². The van der Waals surface area contributed by atoms with Gasteiger partial charge in [0, 0.05) is 13.1 Å². The van der Waals surface area contributed by atoms with Crippen LogP contribution in [0.25, 0.3) is 0 Å². The van der Waals surface area contributed by atoms with Crippen LogP contribution in [0.5, 0.6) is 0 Å². The first kappa shape index (κ1) is 20.4. The number of esters is 1. The van der Waals surface area contributed by atoms with E-state index in [2.05, 4.69) is 30.8 Å². The molecular formula is C17H25F3N2O2. The van der Waals surface area contributed by atoms with E-state index in [-0.39, 0.29) is 18.6 Å². The Morgan fingerprint density at radius 3 is 2.12 bits per heavy atom. The summed E-state index contributed by atoms with van der Waals surface area (Å²) in [5.41, 5.74) is 4.15. The Labute approximate surface area is 140 Å². The second-order valence-corrected chi connectivity index (χ2v) is 6.74. The van der Waals surface area contributed by atoms with Crippen molar-refractivity contribution in [2.45, 2.75) is 51.4 Å². The number of alkyl halides is 3. The standard InChI is InChI=1S/C17H25F3N2O2/c1-5-24-14(23)16(21,17(18,19)20)11-22-10-12-6-8-13(9-7-12)15(2,3)4/h6-9,22H,5,10-11,21H2,1-4H3/t16-/m0/s1. The topological polar surface area (TPSA) is 64.3 Å². The molecule has 7 heteroatoms. The third-order valence-electron chi connectivity index (χ3n) is 3.70. The van der Waals surface area contributed by atoms with Crippen LogP contribution >= 0.6 is 0 Å². The zero-order valence-corrected chi connectivity index (χ0v) is 14.5. The summed E-state index contributed by atoms with van der Waals surface area (Å²) in [5, 5.41) is 2.60. The van der Waals surface area contributed by atoms with Gasteiger partial charge in [-0.15, -0.1) is 0 Å². The second kappa shape index (κ2) is 7.53. The van der Waals surface area contributed by atoms with Crippen LogP contribution in [0.4, 0.5) is 13.2 Å². The van der Waals surface area contributed by atoms with E-state index in [0.29, 0.717) is 0 Å². The Kier molecular flexibility index (Phi) is 6.41. The van der Waals surface area contributed by atoms with Crippen molar-refractivity contribution in [1.29, 1.82) is 0 Å². The van der Waals surface area contributed by atoms with Crippen molar-refractivity contribution < 1.29 is 22.7 Å². The van der Waals surface area contributed by atoms with E-state index in [1.54, 1.807) is 0 Å². The summed E-state index contributed by atoms with van der Waals surface area (Å²) in [4.78, 5) is 11.6. The molecule has 0 radical (unpaired) electrons. The van der Waals surface area contributed by atoms with Crippen molar-refractivity contribution in [2.75, 3.05) is 13.2 Å². The van der Waals surface area contributed by atoms with Crippen LogP contribution in [0.2, 0.25) is 0 Å². The first-order chi connectivity index (χ1) is 10.9. The second-order valence-electron chi connectivity index (χ2n) is 6.74. The minimum absolute atomic E-state index is 0.00142. The maximum Gasteiger partial charge on any atom is 0.418 e. The maximum atomic E-state index is 13.1. The van der Waals surface area contributed by atoms with Gasteiger partial charge in [-0.3, -0.25) is 0 Å². The molecule has 24 heavy (non-hydrogen) atoms. The molecule has 0 saturated carbocycles. The molecule has 0 aliphatic heterocycles. The molecule has 0 aromatic heterocycles. The van der Waals surface area contributed by atoms with Crippen molar-refractivity contribution in [1.82, 2.24) is 5.32 Å². The quantitative estimate of drug-likeness (QED) is 0.778. The SMILES string of the molecule is CCOC(=O)[C@@](N)(CNCc1ccc(C(C)(C)C)cc1)C(F)(F)F. The molecule has 0 aliphatic rings. The van der Waals surface area contributed by atoms with Crippen molar-refractivity contribution in [2.24, 2.45) is 5.73 Å². The summed E-state index contributed by atoms with van der Waals surface area (Å²) >= 11 is 0. The third-order valence-corrected chi connectivity index (χ3v) is 3.70. The minimum atomic E-state index is -4.90. The molecular weight excluding hydrogens is 321 g/mol. The van der Waals surface area contributed by atoms with Gasteiger partial charge in [-0.25, -0.2) is 4.79 Å². The molecule has 3 N–H and O–H groups in total. The smallest absolute Gasteiger partial charge is 0.418 e. The highest BCUT2D eigenvalue weighted by Crippen LogP contribution is 2.29. The number of halogens is 3. The van der Waals surface area contributed by atoms with Crippen LogP contribution in [-0.4, -0.2) is 30.8 Å². The van der Waals surface area contributed by atoms with E-state index < -0.39 is 24.2 Å². The molecule has 1 aromatic rings. The van der Waals surface area contributed by atoms with Crippen LogP contribution in [0.1, 0.15) is 38.8 Å². The van der Waals surface area contributed by atoms with Crippen molar-refractivity contribution >= 4 is 5.97 Å². The van der Waals surface area contributed by atoms with Gasteiger partial charge in [-0.05, 0) is 23.5 Å². The van der Waals surface area contributed by atoms with E-state index >= 15 is 0 Å². The first-order valence-corrected chi connectivity index (χ1v) is 7.75. The zero-order chi connectivity index (χ0) is 18.6. The number of rotatable bonds is 6. The normalized spacial score (nSPS) is 15.0. The minimum Gasteiger partial charge on any atom is -0.464 e. The predicted octanol–water partition coefficient (Wildman–Crippen LogP) is 2.90. The predicted molar refractivity (Wildman–Crippen MR) is 86.5 cm³/mol. The fourth-order valence-electron chi connectivity index (χ4n) is 2.07. The van der Waals surface area contributed by atoms with Crippen molar-refractivity contribution in [3.05, 3.63) is 35.4 Å². The van der Waals surface area contributed by atoms with Crippen LogP contribution in [0.15, 0.2) is 24.3 Å². The monoisotopic (exact) mass is 346 g/mol. The molecule has 4 nitrogen and oxygen atoms in total. The number of hydrogen-bond acceptors (Lipinski definition) is 4. The number of nitrogens with one attached hydrogen (secondary N) is 1. The van der Waals surface area contributed by atoms with E-state index in [4.69, 9.17) is 5.73 Å².